The van der Waals surface area contributed by atoms with E-state index in [2.05, 4.69) is 10.6 Å². The Morgan fingerprint density at radius 3 is 2.82 bits per heavy atom. The van der Waals surface area contributed by atoms with Crippen molar-refractivity contribution in [2.24, 2.45) is 0 Å². The number of ether oxygens (including phenoxy) is 2. The highest BCUT2D eigenvalue weighted by atomic mass is 35.5. The molecule has 9 heteroatoms. The van der Waals surface area contributed by atoms with Crippen LogP contribution in [0.3, 0.4) is 0 Å². The predicted molar refractivity (Wildman–Crippen MR) is 107 cm³/mol. The highest BCUT2D eigenvalue weighted by molar-refractivity contribution is 8.01. The fraction of sp³-hybridized carbons (Fsp3) is 0.211. The van der Waals surface area contributed by atoms with Crippen molar-refractivity contribution >= 4 is 52.5 Å². The van der Waals surface area contributed by atoms with Crippen molar-refractivity contribution in [3.05, 3.63) is 47.5 Å². The second kappa shape index (κ2) is 8.99. The number of anilines is 2. The number of carbonyl (C=O) groups excluding carboxylic acids is 3. The molecule has 0 fully saturated rings. The highest BCUT2D eigenvalue weighted by Crippen LogP contribution is 2.36. The Labute approximate surface area is 170 Å². The van der Waals surface area contributed by atoms with Crippen LogP contribution < -0.4 is 15.4 Å². The molecule has 0 radical (unpaired) electrons. The van der Waals surface area contributed by atoms with Gasteiger partial charge in [-0.15, -0.1) is 11.8 Å². The first kappa shape index (κ1) is 20.0. The molecule has 0 aliphatic carbocycles. The van der Waals surface area contributed by atoms with Crippen molar-refractivity contribution in [3.63, 3.8) is 0 Å². The molecule has 2 amide bonds. The lowest BCUT2D eigenvalue weighted by atomic mass is 10.2. The van der Waals surface area contributed by atoms with Gasteiger partial charge in [0.1, 0.15) is 5.75 Å². The Morgan fingerprint density at radius 2 is 2.04 bits per heavy atom. The Kier molecular flexibility index (Phi) is 6.43. The van der Waals surface area contributed by atoms with Crippen LogP contribution in [-0.4, -0.2) is 36.8 Å². The number of nitrogens with one attached hydrogen (secondary N) is 2. The number of hydrogen-bond acceptors (Lipinski definition) is 6. The normalized spacial score (nSPS) is 15.2. The highest BCUT2D eigenvalue weighted by Gasteiger charge is 2.29. The molecular formula is C19H17ClN2O5S. The molecule has 0 saturated heterocycles. The van der Waals surface area contributed by atoms with Crippen LogP contribution in [0.25, 0.3) is 0 Å². The summed E-state index contributed by atoms with van der Waals surface area (Å²) in [6.07, 6.45) is -0.140. The number of carbonyl (C=O) groups is 3. The molecule has 1 heterocycles. The number of amides is 2. The first-order valence-corrected chi connectivity index (χ1v) is 9.57. The van der Waals surface area contributed by atoms with Gasteiger partial charge in [0.2, 0.25) is 5.91 Å². The molecule has 0 saturated carbocycles. The number of methoxy groups -OCH3 is 1. The smallest absolute Gasteiger partial charge is 0.307 e. The van der Waals surface area contributed by atoms with Gasteiger partial charge in [-0.05, 0) is 30.3 Å². The molecule has 3 rings (SSSR count). The standard InChI is InChI=1S/C19H17ClN2O5S/c1-26-14-7-6-11(20)8-13(14)21-17(23)10-27-18(24)9-16-19(25)22-12-4-2-3-5-15(12)28-16/h2-8,16H,9-10H2,1H3,(H,21,23)(H,22,25)/t16-/m0/s1. The monoisotopic (exact) mass is 420 g/mol. The number of halogens is 1. The van der Waals surface area contributed by atoms with Crippen LogP contribution in [0.5, 0.6) is 5.75 Å². The quantitative estimate of drug-likeness (QED) is 0.696. The number of para-hydroxylation sites is 1. The zero-order chi connectivity index (χ0) is 20.1. The van der Waals surface area contributed by atoms with Gasteiger partial charge in [-0.2, -0.15) is 0 Å². The zero-order valence-corrected chi connectivity index (χ0v) is 16.4. The minimum Gasteiger partial charge on any atom is -0.495 e. The molecule has 1 aliphatic rings. The van der Waals surface area contributed by atoms with Crippen LogP contribution in [0.15, 0.2) is 47.4 Å². The third-order valence-electron chi connectivity index (χ3n) is 3.86. The minimum absolute atomic E-state index is 0.140. The van der Waals surface area contributed by atoms with E-state index in [0.29, 0.717) is 16.5 Å². The van der Waals surface area contributed by atoms with E-state index < -0.39 is 23.7 Å². The van der Waals surface area contributed by atoms with Crippen LogP contribution in [0.1, 0.15) is 6.42 Å². The molecule has 28 heavy (non-hydrogen) atoms. The Balaban J connectivity index is 1.51. The van der Waals surface area contributed by atoms with Crippen molar-refractivity contribution < 1.29 is 23.9 Å². The van der Waals surface area contributed by atoms with E-state index in [1.54, 1.807) is 18.2 Å². The Hall–Kier alpha value is -2.71. The maximum Gasteiger partial charge on any atom is 0.307 e. The number of fused-ring (bicyclic) bond motifs is 1. The van der Waals surface area contributed by atoms with Crippen LogP contribution in [0.2, 0.25) is 5.02 Å². The third kappa shape index (κ3) is 4.96. The summed E-state index contributed by atoms with van der Waals surface area (Å²) in [5, 5.41) is 5.14. The number of hydrogen-bond donors (Lipinski definition) is 2. The van der Waals surface area contributed by atoms with Crippen LogP contribution in [-0.2, 0) is 19.1 Å². The van der Waals surface area contributed by atoms with Gasteiger partial charge in [-0.3, -0.25) is 14.4 Å². The molecule has 0 unspecified atom stereocenters. The Morgan fingerprint density at radius 1 is 1.25 bits per heavy atom. The topological polar surface area (TPSA) is 93.7 Å². The average molecular weight is 421 g/mol. The Bertz CT molecular complexity index is 921. The fourth-order valence-corrected chi connectivity index (χ4v) is 3.81. The van der Waals surface area contributed by atoms with Crippen LogP contribution >= 0.6 is 23.4 Å². The van der Waals surface area contributed by atoms with Crippen molar-refractivity contribution in [1.82, 2.24) is 0 Å². The van der Waals surface area contributed by atoms with Crippen LogP contribution in [0, 0.1) is 0 Å². The maximum atomic E-state index is 12.1. The first-order valence-electron chi connectivity index (χ1n) is 8.32. The van der Waals surface area contributed by atoms with E-state index in [1.807, 2.05) is 18.2 Å². The molecule has 146 valence electrons. The lowest BCUT2D eigenvalue weighted by Crippen LogP contribution is -2.32. The summed E-state index contributed by atoms with van der Waals surface area (Å²) in [6.45, 7) is -0.482. The minimum atomic E-state index is -0.639. The van der Waals surface area contributed by atoms with Gasteiger partial charge in [0.15, 0.2) is 6.61 Å². The molecule has 2 aromatic rings. The van der Waals surface area contributed by atoms with Crippen molar-refractivity contribution in [2.75, 3.05) is 24.4 Å². The number of rotatable bonds is 6. The van der Waals surface area contributed by atoms with Gasteiger partial charge >= 0.3 is 5.97 Å². The molecule has 0 bridgehead atoms. The fourth-order valence-electron chi connectivity index (χ4n) is 2.55. The van der Waals surface area contributed by atoms with E-state index in [0.717, 1.165) is 10.6 Å². The van der Waals surface area contributed by atoms with Crippen molar-refractivity contribution in [1.29, 1.82) is 0 Å². The summed E-state index contributed by atoms with van der Waals surface area (Å²) in [7, 11) is 1.46. The molecule has 1 atom stereocenters. The number of thioether (sulfide) groups is 1. The van der Waals surface area contributed by atoms with Crippen molar-refractivity contribution in [2.45, 2.75) is 16.6 Å². The van der Waals surface area contributed by atoms with E-state index in [1.165, 1.54) is 24.9 Å². The van der Waals surface area contributed by atoms with Gasteiger partial charge in [0.05, 0.1) is 30.2 Å². The summed E-state index contributed by atoms with van der Waals surface area (Å²) in [5.74, 6) is -1.02. The molecule has 0 aromatic heterocycles. The van der Waals surface area contributed by atoms with Gasteiger partial charge in [0, 0.05) is 9.92 Å². The van der Waals surface area contributed by atoms with E-state index in [9.17, 15) is 14.4 Å². The van der Waals surface area contributed by atoms with Crippen molar-refractivity contribution in [3.8, 4) is 5.75 Å². The van der Waals surface area contributed by atoms with E-state index in [4.69, 9.17) is 21.1 Å². The molecule has 1 aliphatic heterocycles. The second-order valence-corrected chi connectivity index (χ2v) is 7.53. The summed E-state index contributed by atoms with van der Waals surface area (Å²) < 4.78 is 10.1. The van der Waals surface area contributed by atoms with Gasteiger partial charge in [-0.1, -0.05) is 23.7 Å². The summed E-state index contributed by atoms with van der Waals surface area (Å²) >= 11 is 7.20. The van der Waals surface area contributed by atoms with E-state index >= 15 is 0 Å². The third-order valence-corrected chi connectivity index (χ3v) is 5.37. The predicted octanol–water partition coefficient (Wildman–Crippen LogP) is 3.33. The molecular weight excluding hydrogens is 404 g/mol. The molecule has 2 N–H and O–H groups in total. The summed E-state index contributed by atoms with van der Waals surface area (Å²) in [6, 6.07) is 12.1. The number of esters is 1. The first-order chi connectivity index (χ1) is 13.5. The SMILES string of the molecule is COc1ccc(Cl)cc1NC(=O)COC(=O)C[C@@H]1Sc2ccccc2NC1=O. The summed E-state index contributed by atoms with van der Waals surface area (Å²) in [5.41, 5.74) is 1.09. The second-order valence-electron chi connectivity index (χ2n) is 5.85. The van der Waals surface area contributed by atoms with E-state index in [-0.39, 0.29) is 12.3 Å². The largest absolute Gasteiger partial charge is 0.495 e. The van der Waals surface area contributed by atoms with Crippen LogP contribution in [0.4, 0.5) is 11.4 Å². The lowest BCUT2D eigenvalue weighted by Gasteiger charge is -2.23. The maximum absolute atomic E-state index is 12.1. The summed E-state index contributed by atoms with van der Waals surface area (Å²) in [4.78, 5) is 37.1. The molecule has 7 nitrogen and oxygen atoms in total. The molecule has 2 aromatic carbocycles. The van der Waals surface area contributed by atoms with Gasteiger partial charge in [-0.25, -0.2) is 0 Å². The zero-order valence-electron chi connectivity index (χ0n) is 14.9. The lowest BCUT2D eigenvalue weighted by molar-refractivity contribution is -0.147. The van der Waals surface area contributed by atoms with Gasteiger partial charge < -0.3 is 20.1 Å². The number of benzene rings is 2. The average Bonchev–Trinajstić information content (AvgIpc) is 2.67. The molecule has 0 spiro atoms. The van der Waals surface area contributed by atoms with Gasteiger partial charge in [0.25, 0.3) is 5.91 Å².